The van der Waals surface area contributed by atoms with E-state index in [9.17, 15) is 4.39 Å². The maximum Gasteiger partial charge on any atom is 0.191 e. The van der Waals surface area contributed by atoms with Crippen molar-refractivity contribution in [1.29, 1.82) is 0 Å². The Bertz CT molecular complexity index is 458. The third kappa shape index (κ3) is 5.23. The van der Waals surface area contributed by atoms with Gasteiger partial charge in [0.2, 0.25) is 0 Å². The fourth-order valence-electron chi connectivity index (χ4n) is 2.05. The lowest BCUT2D eigenvalue weighted by molar-refractivity contribution is 0.117. The molecule has 0 aromatic heterocycles. The van der Waals surface area contributed by atoms with Crippen LogP contribution in [-0.2, 0) is 4.74 Å². The van der Waals surface area contributed by atoms with Crippen LogP contribution in [0, 0.1) is 5.82 Å². The van der Waals surface area contributed by atoms with Crippen molar-refractivity contribution >= 4 is 5.96 Å². The highest BCUT2D eigenvalue weighted by Crippen LogP contribution is 2.12. The summed E-state index contributed by atoms with van der Waals surface area (Å²) in [6, 6.07) is 5.95. The van der Waals surface area contributed by atoms with Gasteiger partial charge in [0, 0.05) is 13.7 Å². The summed E-state index contributed by atoms with van der Waals surface area (Å²) in [5.41, 5.74) is 5.91. The minimum Gasteiger partial charge on any atom is -0.492 e. The van der Waals surface area contributed by atoms with Gasteiger partial charge >= 0.3 is 0 Å². The molecule has 1 unspecified atom stereocenters. The van der Waals surface area contributed by atoms with Gasteiger partial charge in [-0.3, -0.25) is 4.99 Å². The van der Waals surface area contributed by atoms with Gasteiger partial charge in [-0.2, -0.15) is 0 Å². The van der Waals surface area contributed by atoms with Gasteiger partial charge in [-0.15, -0.1) is 0 Å². The third-order valence-electron chi connectivity index (χ3n) is 3.38. The van der Waals surface area contributed by atoms with Gasteiger partial charge in [-0.25, -0.2) is 4.39 Å². The number of hydrogen-bond donors (Lipinski definition) is 1. The van der Waals surface area contributed by atoms with Crippen molar-refractivity contribution in [2.75, 3.05) is 33.4 Å². The molecule has 1 aromatic rings. The van der Waals surface area contributed by atoms with Crippen LogP contribution in [0.15, 0.2) is 29.3 Å². The molecule has 1 aromatic carbocycles. The standard InChI is InChI=1S/C15H22FN3O2/c1-19(15(17)18-11-14-3-2-9-20-14)8-10-21-13-6-4-12(16)5-7-13/h4-7,14H,2-3,8-11H2,1H3,(H2,17,18). The summed E-state index contributed by atoms with van der Waals surface area (Å²) in [5, 5.41) is 0. The Hall–Kier alpha value is -1.82. The van der Waals surface area contributed by atoms with Gasteiger partial charge in [-0.05, 0) is 37.1 Å². The van der Waals surface area contributed by atoms with Gasteiger partial charge in [-0.1, -0.05) is 0 Å². The van der Waals surface area contributed by atoms with E-state index in [1.54, 1.807) is 12.1 Å². The predicted octanol–water partition coefficient (Wildman–Crippen LogP) is 1.63. The van der Waals surface area contributed by atoms with Crippen molar-refractivity contribution in [3.05, 3.63) is 30.1 Å². The van der Waals surface area contributed by atoms with E-state index in [-0.39, 0.29) is 11.9 Å². The molecule has 1 aliphatic heterocycles. The first-order valence-corrected chi connectivity index (χ1v) is 7.16. The fraction of sp³-hybridized carbons (Fsp3) is 0.533. The molecule has 1 aliphatic rings. The zero-order chi connectivity index (χ0) is 15.1. The van der Waals surface area contributed by atoms with Crippen molar-refractivity contribution in [1.82, 2.24) is 4.90 Å². The molecular weight excluding hydrogens is 273 g/mol. The number of aliphatic imine (C=N–C) groups is 1. The number of benzene rings is 1. The Kier molecular flexibility index (Phi) is 5.80. The molecular formula is C15H22FN3O2. The van der Waals surface area contributed by atoms with Gasteiger partial charge < -0.3 is 20.1 Å². The number of guanidine groups is 1. The van der Waals surface area contributed by atoms with Crippen molar-refractivity contribution in [3.8, 4) is 5.75 Å². The second-order valence-corrected chi connectivity index (χ2v) is 5.06. The molecule has 1 saturated heterocycles. The second-order valence-electron chi connectivity index (χ2n) is 5.06. The molecule has 5 nitrogen and oxygen atoms in total. The van der Waals surface area contributed by atoms with Crippen molar-refractivity contribution < 1.29 is 13.9 Å². The lowest BCUT2D eigenvalue weighted by Gasteiger charge is -2.18. The highest BCUT2D eigenvalue weighted by atomic mass is 19.1. The van der Waals surface area contributed by atoms with E-state index in [0.29, 0.717) is 31.4 Å². The van der Waals surface area contributed by atoms with E-state index in [1.165, 1.54) is 12.1 Å². The molecule has 0 spiro atoms. The molecule has 0 aliphatic carbocycles. The van der Waals surface area contributed by atoms with E-state index in [0.717, 1.165) is 19.4 Å². The maximum atomic E-state index is 12.7. The second kappa shape index (κ2) is 7.83. The monoisotopic (exact) mass is 295 g/mol. The summed E-state index contributed by atoms with van der Waals surface area (Å²) in [6.45, 7) is 2.49. The molecule has 1 atom stereocenters. The number of ether oxygens (including phenoxy) is 2. The summed E-state index contributed by atoms with van der Waals surface area (Å²) in [4.78, 5) is 6.17. The molecule has 116 valence electrons. The Morgan fingerprint density at radius 3 is 2.90 bits per heavy atom. The molecule has 2 N–H and O–H groups in total. The zero-order valence-corrected chi connectivity index (χ0v) is 12.3. The molecule has 6 heteroatoms. The van der Waals surface area contributed by atoms with Crippen LogP contribution in [0.25, 0.3) is 0 Å². The summed E-state index contributed by atoms with van der Waals surface area (Å²) in [5.74, 6) is 0.845. The number of nitrogens with two attached hydrogens (primary N) is 1. The van der Waals surface area contributed by atoms with Crippen LogP contribution >= 0.6 is 0 Å². The summed E-state index contributed by atoms with van der Waals surface area (Å²) < 4.78 is 23.8. The van der Waals surface area contributed by atoms with Gasteiger partial charge in [0.1, 0.15) is 18.2 Å². The first-order chi connectivity index (χ1) is 10.1. The molecule has 1 heterocycles. The SMILES string of the molecule is CN(CCOc1ccc(F)cc1)C(N)=NCC1CCCO1. The highest BCUT2D eigenvalue weighted by Gasteiger charge is 2.15. The number of halogens is 1. The molecule has 0 bridgehead atoms. The number of nitrogens with zero attached hydrogens (tertiary/aromatic N) is 2. The minimum atomic E-state index is -0.273. The average Bonchev–Trinajstić information content (AvgIpc) is 3.00. The predicted molar refractivity (Wildman–Crippen MR) is 80.0 cm³/mol. The number of rotatable bonds is 6. The van der Waals surface area contributed by atoms with Crippen LogP contribution < -0.4 is 10.5 Å². The van der Waals surface area contributed by atoms with E-state index >= 15 is 0 Å². The van der Waals surface area contributed by atoms with E-state index in [2.05, 4.69) is 4.99 Å². The van der Waals surface area contributed by atoms with Gasteiger partial charge in [0.05, 0.1) is 19.2 Å². The Morgan fingerprint density at radius 2 is 2.24 bits per heavy atom. The molecule has 1 fully saturated rings. The van der Waals surface area contributed by atoms with Crippen LogP contribution in [0.5, 0.6) is 5.75 Å². The number of hydrogen-bond acceptors (Lipinski definition) is 3. The third-order valence-corrected chi connectivity index (χ3v) is 3.38. The van der Waals surface area contributed by atoms with E-state index in [4.69, 9.17) is 15.2 Å². The largest absolute Gasteiger partial charge is 0.492 e. The highest BCUT2D eigenvalue weighted by molar-refractivity contribution is 5.77. The number of likely N-dealkylation sites (N-methyl/N-ethyl adjacent to an activating group) is 1. The topological polar surface area (TPSA) is 60.1 Å². The van der Waals surface area contributed by atoms with Gasteiger partial charge in [0.15, 0.2) is 5.96 Å². The van der Waals surface area contributed by atoms with Gasteiger partial charge in [0.25, 0.3) is 0 Å². The van der Waals surface area contributed by atoms with Crippen LogP contribution in [0.3, 0.4) is 0 Å². The first-order valence-electron chi connectivity index (χ1n) is 7.16. The fourth-order valence-corrected chi connectivity index (χ4v) is 2.05. The Balaban J connectivity index is 1.69. The van der Waals surface area contributed by atoms with Crippen molar-refractivity contribution in [3.63, 3.8) is 0 Å². The lowest BCUT2D eigenvalue weighted by Crippen LogP contribution is -2.37. The van der Waals surface area contributed by atoms with E-state index < -0.39 is 0 Å². The normalized spacial score (nSPS) is 18.8. The average molecular weight is 295 g/mol. The van der Waals surface area contributed by atoms with Crippen molar-refractivity contribution in [2.45, 2.75) is 18.9 Å². The Labute approximate surface area is 124 Å². The maximum absolute atomic E-state index is 12.7. The van der Waals surface area contributed by atoms with Crippen LogP contribution in [0.1, 0.15) is 12.8 Å². The first kappa shape index (κ1) is 15.6. The lowest BCUT2D eigenvalue weighted by atomic mass is 10.2. The Morgan fingerprint density at radius 1 is 1.48 bits per heavy atom. The van der Waals surface area contributed by atoms with Crippen LogP contribution in [-0.4, -0.2) is 50.3 Å². The molecule has 2 rings (SSSR count). The molecule has 0 amide bonds. The zero-order valence-electron chi connectivity index (χ0n) is 12.3. The molecule has 21 heavy (non-hydrogen) atoms. The van der Waals surface area contributed by atoms with Crippen molar-refractivity contribution in [2.24, 2.45) is 10.7 Å². The summed E-state index contributed by atoms with van der Waals surface area (Å²) in [7, 11) is 1.86. The van der Waals surface area contributed by atoms with Crippen LogP contribution in [0.2, 0.25) is 0 Å². The summed E-state index contributed by atoms with van der Waals surface area (Å²) in [6.07, 6.45) is 2.35. The minimum absolute atomic E-state index is 0.201. The molecule has 0 radical (unpaired) electrons. The summed E-state index contributed by atoms with van der Waals surface area (Å²) >= 11 is 0. The quantitative estimate of drug-likeness (QED) is 0.640. The van der Waals surface area contributed by atoms with Crippen LogP contribution in [0.4, 0.5) is 4.39 Å². The smallest absolute Gasteiger partial charge is 0.191 e. The van der Waals surface area contributed by atoms with E-state index in [1.807, 2.05) is 11.9 Å². The molecule has 0 saturated carbocycles.